The maximum Gasteiger partial charge on any atom is 0.282 e. The molecule has 0 saturated carbocycles. The molecule has 0 N–H and O–H groups in total. The van der Waals surface area contributed by atoms with Crippen molar-refractivity contribution in [3.63, 3.8) is 0 Å². The number of nitrogens with zero attached hydrogens (tertiary/aromatic N) is 4. The smallest absolute Gasteiger partial charge is 0.282 e. The Bertz CT molecular complexity index is 1070. The number of aromatic nitrogens is 4. The van der Waals surface area contributed by atoms with Gasteiger partial charge in [0, 0.05) is 17.8 Å². The molecule has 4 rings (SSSR count). The van der Waals surface area contributed by atoms with Gasteiger partial charge in [0.15, 0.2) is 5.69 Å². The zero-order valence-electron chi connectivity index (χ0n) is 12.8. The summed E-state index contributed by atoms with van der Waals surface area (Å²) in [5, 5.41) is 8.12. The molecule has 122 valence electrons. The molecule has 2 aromatic carbocycles. The van der Waals surface area contributed by atoms with Gasteiger partial charge in [-0.3, -0.25) is 4.79 Å². The standard InChI is InChI=1S/C18H11FN4O2/c19-13-8-6-12(7-9-13)17-20-18(25-22-17)16-15(24)10-11-23(21-16)14-4-2-1-3-5-14/h1-11H. The lowest BCUT2D eigenvalue weighted by molar-refractivity contribution is 0.429. The van der Waals surface area contributed by atoms with Crippen LogP contribution in [0, 0.1) is 5.82 Å². The molecule has 0 spiro atoms. The van der Waals surface area contributed by atoms with Gasteiger partial charge in [0.1, 0.15) is 5.82 Å². The monoisotopic (exact) mass is 334 g/mol. The van der Waals surface area contributed by atoms with Gasteiger partial charge in [-0.15, -0.1) is 0 Å². The fourth-order valence-corrected chi connectivity index (χ4v) is 2.32. The van der Waals surface area contributed by atoms with Crippen LogP contribution in [0.5, 0.6) is 0 Å². The van der Waals surface area contributed by atoms with Crippen molar-refractivity contribution >= 4 is 0 Å². The average Bonchev–Trinajstić information content (AvgIpc) is 3.13. The molecular weight excluding hydrogens is 323 g/mol. The van der Waals surface area contributed by atoms with Crippen LogP contribution in [-0.4, -0.2) is 19.9 Å². The summed E-state index contributed by atoms with van der Waals surface area (Å²) >= 11 is 0. The number of para-hydroxylation sites is 1. The first kappa shape index (κ1) is 14.9. The third-order valence-corrected chi connectivity index (χ3v) is 3.56. The summed E-state index contributed by atoms with van der Waals surface area (Å²) in [5.41, 5.74) is 1.09. The van der Waals surface area contributed by atoms with E-state index in [9.17, 15) is 9.18 Å². The normalized spacial score (nSPS) is 10.8. The lowest BCUT2D eigenvalue weighted by Gasteiger charge is -2.04. The van der Waals surface area contributed by atoms with Crippen molar-refractivity contribution in [1.82, 2.24) is 19.9 Å². The van der Waals surface area contributed by atoms with E-state index in [-0.39, 0.29) is 28.7 Å². The van der Waals surface area contributed by atoms with Gasteiger partial charge in [0.2, 0.25) is 11.3 Å². The van der Waals surface area contributed by atoms with E-state index < -0.39 is 0 Å². The molecule has 0 amide bonds. The molecule has 0 aliphatic rings. The summed E-state index contributed by atoms with van der Waals surface area (Å²) in [6.07, 6.45) is 1.57. The van der Waals surface area contributed by atoms with Gasteiger partial charge < -0.3 is 4.52 Å². The number of halogens is 1. The highest BCUT2D eigenvalue weighted by atomic mass is 19.1. The lowest BCUT2D eigenvalue weighted by atomic mass is 10.2. The van der Waals surface area contributed by atoms with Crippen LogP contribution in [0.4, 0.5) is 4.39 Å². The average molecular weight is 334 g/mol. The zero-order chi connectivity index (χ0) is 17.2. The van der Waals surface area contributed by atoms with Gasteiger partial charge in [-0.1, -0.05) is 23.4 Å². The Kier molecular flexibility index (Phi) is 3.66. The molecule has 6 nitrogen and oxygen atoms in total. The number of benzene rings is 2. The highest BCUT2D eigenvalue weighted by Gasteiger charge is 2.16. The second-order valence-corrected chi connectivity index (χ2v) is 5.24. The van der Waals surface area contributed by atoms with Gasteiger partial charge in [0.25, 0.3) is 5.89 Å². The summed E-state index contributed by atoms with van der Waals surface area (Å²) in [5.74, 6) is -0.0936. The van der Waals surface area contributed by atoms with Crippen molar-refractivity contribution < 1.29 is 8.91 Å². The Morgan fingerprint density at radius 2 is 1.72 bits per heavy atom. The van der Waals surface area contributed by atoms with Crippen molar-refractivity contribution in [2.75, 3.05) is 0 Å². The van der Waals surface area contributed by atoms with Crippen LogP contribution in [0.1, 0.15) is 0 Å². The minimum atomic E-state index is -0.358. The topological polar surface area (TPSA) is 73.8 Å². The van der Waals surface area contributed by atoms with Crippen LogP contribution in [-0.2, 0) is 0 Å². The molecule has 0 aliphatic heterocycles. The van der Waals surface area contributed by atoms with Gasteiger partial charge in [-0.2, -0.15) is 10.1 Å². The third-order valence-electron chi connectivity index (χ3n) is 3.56. The molecule has 0 aliphatic carbocycles. The van der Waals surface area contributed by atoms with Gasteiger partial charge in [-0.05, 0) is 36.4 Å². The minimum absolute atomic E-state index is 0.00889. The van der Waals surface area contributed by atoms with E-state index in [1.807, 2.05) is 30.3 Å². The molecule has 2 heterocycles. The predicted octanol–water partition coefficient (Wildman–Crippen LogP) is 3.09. The van der Waals surface area contributed by atoms with E-state index in [4.69, 9.17) is 4.52 Å². The fraction of sp³-hybridized carbons (Fsp3) is 0. The quantitative estimate of drug-likeness (QED) is 0.575. The number of hydrogen-bond acceptors (Lipinski definition) is 5. The molecule has 7 heteroatoms. The van der Waals surface area contributed by atoms with Crippen molar-refractivity contribution in [2.45, 2.75) is 0 Å². The van der Waals surface area contributed by atoms with Gasteiger partial charge in [-0.25, -0.2) is 9.07 Å². The van der Waals surface area contributed by atoms with Crippen molar-refractivity contribution in [3.05, 3.63) is 82.9 Å². The minimum Gasteiger partial charge on any atom is -0.332 e. The second-order valence-electron chi connectivity index (χ2n) is 5.24. The first-order valence-electron chi connectivity index (χ1n) is 7.46. The van der Waals surface area contributed by atoms with E-state index in [0.29, 0.717) is 5.56 Å². The third kappa shape index (κ3) is 2.94. The van der Waals surface area contributed by atoms with Gasteiger partial charge >= 0.3 is 0 Å². The highest BCUT2D eigenvalue weighted by Crippen LogP contribution is 2.19. The van der Waals surface area contributed by atoms with Crippen LogP contribution >= 0.6 is 0 Å². The molecule has 0 saturated heterocycles. The molecule has 0 atom stereocenters. The summed E-state index contributed by atoms with van der Waals surface area (Å²) in [6.45, 7) is 0. The molecule has 0 unspecified atom stereocenters. The largest absolute Gasteiger partial charge is 0.332 e. The van der Waals surface area contributed by atoms with Crippen LogP contribution in [0.25, 0.3) is 28.7 Å². The van der Waals surface area contributed by atoms with E-state index in [2.05, 4.69) is 15.2 Å². The Hall–Kier alpha value is -3.61. The molecule has 4 aromatic rings. The second kappa shape index (κ2) is 6.12. The summed E-state index contributed by atoms with van der Waals surface area (Å²) in [6, 6.07) is 16.4. The molecule has 2 aromatic heterocycles. The summed E-state index contributed by atoms with van der Waals surface area (Å²) < 4.78 is 19.7. The molecule has 25 heavy (non-hydrogen) atoms. The molecular formula is C18H11FN4O2. The maximum absolute atomic E-state index is 13.0. The Morgan fingerprint density at radius 3 is 2.48 bits per heavy atom. The van der Waals surface area contributed by atoms with E-state index in [1.54, 1.807) is 10.9 Å². The van der Waals surface area contributed by atoms with Crippen LogP contribution in [0.15, 0.2) is 76.2 Å². The maximum atomic E-state index is 13.0. The number of rotatable bonds is 3. The van der Waals surface area contributed by atoms with Crippen LogP contribution in [0.2, 0.25) is 0 Å². The van der Waals surface area contributed by atoms with Crippen molar-refractivity contribution in [3.8, 4) is 28.7 Å². The Morgan fingerprint density at radius 1 is 0.960 bits per heavy atom. The first-order chi connectivity index (χ1) is 12.2. The molecule has 0 bridgehead atoms. The van der Waals surface area contributed by atoms with Crippen LogP contribution < -0.4 is 5.43 Å². The number of hydrogen-bond donors (Lipinski definition) is 0. The first-order valence-corrected chi connectivity index (χ1v) is 7.46. The molecule has 0 fully saturated rings. The van der Waals surface area contributed by atoms with Crippen molar-refractivity contribution in [2.24, 2.45) is 0 Å². The van der Waals surface area contributed by atoms with E-state index >= 15 is 0 Å². The van der Waals surface area contributed by atoms with Crippen molar-refractivity contribution in [1.29, 1.82) is 0 Å². The Balaban J connectivity index is 1.75. The van der Waals surface area contributed by atoms with E-state index in [1.165, 1.54) is 30.3 Å². The van der Waals surface area contributed by atoms with Crippen LogP contribution in [0.3, 0.4) is 0 Å². The predicted molar refractivity (Wildman–Crippen MR) is 88.5 cm³/mol. The van der Waals surface area contributed by atoms with Gasteiger partial charge in [0.05, 0.1) is 5.69 Å². The highest BCUT2D eigenvalue weighted by molar-refractivity contribution is 5.57. The molecule has 0 radical (unpaired) electrons. The zero-order valence-corrected chi connectivity index (χ0v) is 12.8. The summed E-state index contributed by atoms with van der Waals surface area (Å²) in [7, 11) is 0. The SMILES string of the molecule is O=c1ccn(-c2ccccc2)nc1-c1nc(-c2ccc(F)cc2)no1. The van der Waals surface area contributed by atoms with E-state index in [0.717, 1.165) is 5.69 Å². The Labute approximate surface area is 141 Å². The summed E-state index contributed by atoms with van der Waals surface area (Å²) in [4.78, 5) is 16.3. The fourth-order valence-electron chi connectivity index (χ4n) is 2.32. The lowest BCUT2D eigenvalue weighted by Crippen LogP contribution is -2.12.